The fraction of sp³-hybridized carbons (Fsp3) is 0.261. The third-order valence-corrected chi connectivity index (χ3v) is 19.4. The zero-order chi connectivity index (χ0) is 50.1. The van der Waals surface area contributed by atoms with Crippen molar-refractivity contribution >= 4 is 65.8 Å². The summed E-state index contributed by atoms with van der Waals surface area (Å²) in [4.78, 5) is 9.99. The molecule has 2 saturated carbocycles. The lowest BCUT2D eigenvalue weighted by molar-refractivity contribution is 0.195. The summed E-state index contributed by atoms with van der Waals surface area (Å²) in [5.74, 6) is 1.77. The van der Waals surface area contributed by atoms with Crippen LogP contribution in [0.3, 0.4) is 0 Å². The Balaban J connectivity index is 1.07. The number of nitrogens with zero attached hydrogens (tertiary/aromatic N) is 3. The first kappa shape index (κ1) is 45.0. The minimum atomic E-state index is -0.108. The summed E-state index contributed by atoms with van der Waals surface area (Å²) in [6, 6.07) is 62.3. The van der Waals surface area contributed by atoms with E-state index >= 15 is 0 Å². The summed E-state index contributed by atoms with van der Waals surface area (Å²) in [5, 5.41) is 10.0. The molecule has 366 valence electrons. The van der Waals surface area contributed by atoms with Crippen molar-refractivity contribution in [1.29, 1.82) is 0 Å². The van der Waals surface area contributed by atoms with Gasteiger partial charge in [-0.3, -0.25) is 4.98 Å². The van der Waals surface area contributed by atoms with Crippen molar-refractivity contribution in [3.8, 4) is 44.9 Å². The molecule has 0 spiro atoms. The van der Waals surface area contributed by atoms with Gasteiger partial charge in [-0.2, -0.15) is 0 Å². The van der Waals surface area contributed by atoms with Crippen molar-refractivity contribution in [2.45, 2.75) is 101 Å². The zero-order valence-electron chi connectivity index (χ0n) is 43.6. The number of methoxy groups -OCH3 is 2. The fourth-order valence-electron chi connectivity index (χ4n) is 15.2. The Labute approximate surface area is 435 Å². The van der Waals surface area contributed by atoms with E-state index in [4.69, 9.17) is 9.47 Å². The Bertz CT molecular complexity index is 3940. The van der Waals surface area contributed by atoms with E-state index in [-0.39, 0.29) is 21.9 Å². The van der Waals surface area contributed by atoms with Crippen molar-refractivity contribution in [3.05, 3.63) is 187 Å². The highest BCUT2D eigenvalue weighted by molar-refractivity contribution is 6.27. The number of benzene rings is 9. The van der Waals surface area contributed by atoms with Gasteiger partial charge in [0.05, 0.1) is 25.3 Å². The van der Waals surface area contributed by atoms with Crippen LogP contribution in [-0.4, -0.2) is 30.3 Å². The van der Waals surface area contributed by atoms with Gasteiger partial charge < -0.3 is 19.3 Å². The van der Waals surface area contributed by atoms with Crippen LogP contribution >= 0.6 is 0 Å². The van der Waals surface area contributed by atoms with E-state index in [0.29, 0.717) is 0 Å². The van der Waals surface area contributed by atoms with E-state index in [2.05, 4.69) is 206 Å². The maximum absolute atomic E-state index is 5.84. The predicted molar refractivity (Wildman–Crippen MR) is 309 cm³/mol. The molecule has 1 aromatic heterocycles. The number of hydrogen-bond donors (Lipinski definition) is 0. The van der Waals surface area contributed by atoms with E-state index in [0.717, 1.165) is 42.7 Å². The number of ether oxygens (including phenoxy) is 2. The Morgan fingerprint density at radius 1 is 0.419 bits per heavy atom. The van der Waals surface area contributed by atoms with Crippen LogP contribution in [0.15, 0.2) is 176 Å². The van der Waals surface area contributed by atoms with Gasteiger partial charge in [0.1, 0.15) is 11.5 Å². The molecule has 2 fully saturated rings. The van der Waals surface area contributed by atoms with Crippen molar-refractivity contribution in [2.75, 3.05) is 24.0 Å². The molecule has 74 heavy (non-hydrogen) atoms. The number of hydrogen-bond acceptors (Lipinski definition) is 5. The van der Waals surface area contributed by atoms with Crippen molar-refractivity contribution in [2.24, 2.45) is 0 Å². The number of fused-ring (bicyclic) bond motifs is 11. The molecule has 2 aliphatic heterocycles. The number of rotatable bonds is 7. The van der Waals surface area contributed by atoms with Gasteiger partial charge >= 0.3 is 0 Å². The summed E-state index contributed by atoms with van der Waals surface area (Å²) in [6.45, 7) is 10.1. The standard InChI is InChI=1S/C69H63N3O2/c1-66-31-11-13-33-68(66,3)71(48-20-15-22-50(39-48)73-5)62-29-27-45(37-60(62)66)64-53-25-9-10-26-54(53)65(59-42-57-55(47-19-17-35-70-43-47)36-44-18-7-8-24-52(44)56(57)41-58(59)64)46-28-30-63-61(38-46)67(2)32-12-14-34-69(67,4)72(63)49-21-16-23-51(40-49)74-6/h7-10,15-30,35-43H,11-14,31-34H2,1-6H3. The van der Waals surface area contributed by atoms with Gasteiger partial charge in [0, 0.05) is 63.7 Å². The SMILES string of the molecule is COc1cccc(N2c3ccc(-c4c5ccccc5c(-c5ccc6c(c5)C5(C)CCCCC5(C)N6c5cccc(OC)c5)c5cc6c(cc45)c(-c4cccnc4)cc4ccccc46)cc3C3(C)CCCCC23C)c1. The van der Waals surface area contributed by atoms with Gasteiger partial charge in [-0.15, -0.1) is 0 Å². The number of aromatic nitrogens is 1. The number of pyridine rings is 1. The monoisotopic (exact) mass is 965 g/mol. The minimum absolute atomic E-state index is 0.0698. The van der Waals surface area contributed by atoms with Crippen LogP contribution < -0.4 is 19.3 Å². The molecule has 2 aliphatic carbocycles. The average Bonchev–Trinajstić information content (AvgIpc) is 3.96. The largest absolute Gasteiger partial charge is 0.497 e. The summed E-state index contributed by atoms with van der Waals surface area (Å²) < 4.78 is 11.7. The van der Waals surface area contributed by atoms with Crippen LogP contribution in [0, 0.1) is 0 Å². The van der Waals surface area contributed by atoms with E-state index in [1.807, 2.05) is 12.4 Å². The van der Waals surface area contributed by atoms with Crippen molar-refractivity contribution in [1.82, 2.24) is 4.98 Å². The lowest BCUT2D eigenvalue weighted by atomic mass is 9.61. The Morgan fingerprint density at radius 3 is 1.46 bits per heavy atom. The van der Waals surface area contributed by atoms with E-state index in [1.165, 1.54) is 130 Å². The van der Waals surface area contributed by atoms with Crippen LogP contribution in [0.25, 0.3) is 76.5 Å². The molecule has 4 aliphatic rings. The highest BCUT2D eigenvalue weighted by Crippen LogP contribution is 2.64. The summed E-state index contributed by atoms with van der Waals surface area (Å²) in [5.41, 5.74) is 14.9. The molecule has 3 heterocycles. The van der Waals surface area contributed by atoms with Gasteiger partial charge in [0.15, 0.2) is 0 Å². The first-order valence-electron chi connectivity index (χ1n) is 27.0. The van der Waals surface area contributed by atoms with Crippen LogP contribution in [-0.2, 0) is 10.8 Å². The van der Waals surface area contributed by atoms with Gasteiger partial charge in [0.25, 0.3) is 0 Å². The second-order valence-electron chi connectivity index (χ2n) is 22.8. The van der Waals surface area contributed by atoms with Gasteiger partial charge in [-0.25, -0.2) is 0 Å². The normalized spacial score (nSPS) is 23.0. The van der Waals surface area contributed by atoms with Gasteiger partial charge in [-0.05, 0) is 194 Å². The molecule has 10 aromatic rings. The molecule has 5 heteroatoms. The molecule has 0 bridgehead atoms. The van der Waals surface area contributed by atoms with Crippen LogP contribution in [0.1, 0.15) is 90.2 Å². The third-order valence-electron chi connectivity index (χ3n) is 19.4. The maximum atomic E-state index is 5.84. The smallest absolute Gasteiger partial charge is 0.120 e. The predicted octanol–water partition coefficient (Wildman–Crippen LogP) is 18.2. The van der Waals surface area contributed by atoms with E-state index < -0.39 is 0 Å². The second kappa shape index (κ2) is 16.4. The van der Waals surface area contributed by atoms with Crippen LogP contribution in [0.4, 0.5) is 22.7 Å². The Morgan fingerprint density at radius 2 is 0.932 bits per heavy atom. The molecule has 0 radical (unpaired) electrons. The van der Waals surface area contributed by atoms with Crippen LogP contribution in [0.2, 0.25) is 0 Å². The second-order valence-corrected chi connectivity index (χ2v) is 22.8. The average molecular weight is 966 g/mol. The molecule has 5 nitrogen and oxygen atoms in total. The van der Waals surface area contributed by atoms with Gasteiger partial charge in [-0.1, -0.05) is 118 Å². The first-order chi connectivity index (χ1) is 36.1. The Hall–Kier alpha value is -7.63. The molecule has 9 aromatic carbocycles. The lowest BCUT2D eigenvalue weighted by Crippen LogP contribution is -2.54. The molecule has 0 amide bonds. The summed E-state index contributed by atoms with van der Waals surface area (Å²) >= 11 is 0. The topological polar surface area (TPSA) is 37.8 Å². The molecule has 0 saturated heterocycles. The Kier molecular flexibility index (Phi) is 10.0. The van der Waals surface area contributed by atoms with Crippen LogP contribution in [0.5, 0.6) is 11.5 Å². The number of anilines is 4. The highest BCUT2D eigenvalue weighted by atomic mass is 16.5. The molecule has 0 N–H and O–H groups in total. The molecule has 14 rings (SSSR count). The lowest BCUT2D eigenvalue weighted by Gasteiger charge is -2.50. The molecular formula is C69H63N3O2. The molecule has 4 unspecified atom stereocenters. The van der Waals surface area contributed by atoms with E-state index in [9.17, 15) is 0 Å². The molecule has 4 atom stereocenters. The quantitative estimate of drug-likeness (QED) is 0.118. The molecular weight excluding hydrogens is 903 g/mol. The maximum Gasteiger partial charge on any atom is 0.120 e. The zero-order valence-corrected chi connectivity index (χ0v) is 43.6. The summed E-state index contributed by atoms with van der Waals surface area (Å²) in [7, 11) is 3.55. The first-order valence-corrected chi connectivity index (χ1v) is 27.0. The third kappa shape index (κ3) is 6.19. The summed E-state index contributed by atoms with van der Waals surface area (Å²) in [6.07, 6.45) is 13.3. The minimum Gasteiger partial charge on any atom is -0.497 e. The van der Waals surface area contributed by atoms with Gasteiger partial charge in [0.2, 0.25) is 0 Å². The van der Waals surface area contributed by atoms with Crippen molar-refractivity contribution < 1.29 is 9.47 Å². The van der Waals surface area contributed by atoms with Crippen molar-refractivity contribution in [3.63, 3.8) is 0 Å². The highest BCUT2D eigenvalue weighted by Gasteiger charge is 2.59. The van der Waals surface area contributed by atoms with E-state index in [1.54, 1.807) is 14.2 Å². The fourth-order valence-corrected chi connectivity index (χ4v) is 15.2.